The number of benzene rings is 1. The van der Waals surface area contributed by atoms with Gasteiger partial charge >= 0.3 is 5.69 Å². The second kappa shape index (κ2) is 11.1. The van der Waals surface area contributed by atoms with Crippen molar-refractivity contribution in [3.8, 4) is 0 Å². The van der Waals surface area contributed by atoms with E-state index in [2.05, 4.69) is 34.5 Å². The van der Waals surface area contributed by atoms with Gasteiger partial charge in [0.25, 0.3) is 0 Å². The van der Waals surface area contributed by atoms with Crippen molar-refractivity contribution in [2.45, 2.75) is 45.3 Å². The third-order valence-electron chi connectivity index (χ3n) is 5.63. The zero-order valence-electron chi connectivity index (χ0n) is 18.0. The Balaban J connectivity index is 1.39. The Bertz CT molecular complexity index is 861. The highest BCUT2D eigenvalue weighted by Crippen LogP contribution is 2.21. The maximum absolute atomic E-state index is 12.5. The van der Waals surface area contributed by atoms with E-state index in [-0.39, 0.29) is 17.5 Å². The fraction of sp³-hybridized carbons (Fsp3) is 0.591. The molecule has 1 atom stereocenters. The first-order chi connectivity index (χ1) is 14.6. The van der Waals surface area contributed by atoms with Gasteiger partial charge in [-0.25, -0.2) is 9.48 Å². The summed E-state index contributed by atoms with van der Waals surface area (Å²) < 4.78 is 8.28. The lowest BCUT2D eigenvalue weighted by atomic mass is 9.96. The summed E-state index contributed by atoms with van der Waals surface area (Å²) in [6.45, 7) is 3.88. The van der Waals surface area contributed by atoms with E-state index in [0.717, 1.165) is 38.2 Å². The number of carbonyl (C=O) groups is 1. The van der Waals surface area contributed by atoms with Crippen LogP contribution in [0.3, 0.4) is 0 Å². The zero-order valence-corrected chi connectivity index (χ0v) is 18.0. The predicted molar refractivity (Wildman–Crippen MR) is 115 cm³/mol. The van der Waals surface area contributed by atoms with Crippen LogP contribution in [-0.4, -0.2) is 59.0 Å². The fourth-order valence-corrected chi connectivity index (χ4v) is 3.91. The molecule has 8 heteroatoms. The lowest BCUT2D eigenvalue weighted by molar-refractivity contribution is -0.122. The van der Waals surface area contributed by atoms with Crippen molar-refractivity contribution in [1.29, 1.82) is 0 Å². The molecule has 0 saturated carbocycles. The van der Waals surface area contributed by atoms with Gasteiger partial charge in [-0.1, -0.05) is 30.3 Å². The third-order valence-corrected chi connectivity index (χ3v) is 5.63. The van der Waals surface area contributed by atoms with Crippen LogP contribution >= 0.6 is 0 Å². The maximum Gasteiger partial charge on any atom is 0.345 e. The molecule has 3 rings (SSSR count). The molecule has 0 bridgehead atoms. The molecular formula is C22H33N5O3. The molecule has 0 radical (unpaired) electrons. The van der Waals surface area contributed by atoms with Crippen LogP contribution in [0.1, 0.15) is 30.7 Å². The average molecular weight is 416 g/mol. The lowest BCUT2D eigenvalue weighted by Crippen LogP contribution is -2.33. The van der Waals surface area contributed by atoms with E-state index < -0.39 is 0 Å². The number of carbonyl (C=O) groups excluding carboxylic acids is 1. The van der Waals surface area contributed by atoms with Gasteiger partial charge in [-0.2, -0.15) is 5.10 Å². The summed E-state index contributed by atoms with van der Waals surface area (Å²) >= 11 is 0. The second-order valence-electron chi connectivity index (χ2n) is 8.04. The summed E-state index contributed by atoms with van der Waals surface area (Å²) in [4.78, 5) is 27.0. The van der Waals surface area contributed by atoms with Gasteiger partial charge in [-0.05, 0) is 31.4 Å². The van der Waals surface area contributed by atoms with Crippen molar-refractivity contribution in [3.63, 3.8) is 0 Å². The van der Waals surface area contributed by atoms with Gasteiger partial charge < -0.3 is 15.0 Å². The minimum atomic E-state index is -0.0754. The van der Waals surface area contributed by atoms with Gasteiger partial charge in [-0.3, -0.25) is 9.36 Å². The molecule has 164 valence electrons. The lowest BCUT2D eigenvalue weighted by Gasteiger charge is -2.18. The number of nitrogens with zero attached hydrogens (tertiary/aromatic N) is 4. The molecule has 1 amide bonds. The van der Waals surface area contributed by atoms with Crippen LogP contribution in [0.2, 0.25) is 0 Å². The molecule has 30 heavy (non-hydrogen) atoms. The van der Waals surface area contributed by atoms with E-state index in [0.29, 0.717) is 32.7 Å². The SMILES string of the molecule is COCCn1nc2n(c1=O)CCC(CC(=O)NCCN(C)Cc1ccccc1)CC2. The number of fused-ring (bicyclic) bond motifs is 1. The smallest absolute Gasteiger partial charge is 0.345 e. The second-order valence-corrected chi connectivity index (χ2v) is 8.04. The normalized spacial score (nSPS) is 16.3. The molecule has 0 fully saturated rings. The standard InChI is InChI=1S/C22H33N5O3/c1-25(17-19-6-4-3-5-7-19)13-11-23-21(28)16-18-8-9-20-24-27(14-15-30-2)22(29)26(20)12-10-18/h3-7,18H,8-17H2,1-2H3,(H,23,28). The van der Waals surface area contributed by atoms with Crippen molar-refractivity contribution in [3.05, 3.63) is 52.2 Å². The minimum absolute atomic E-state index is 0.0754. The van der Waals surface area contributed by atoms with Gasteiger partial charge in [0.15, 0.2) is 0 Å². The van der Waals surface area contributed by atoms with Crippen LogP contribution in [0.4, 0.5) is 0 Å². The summed E-state index contributed by atoms with van der Waals surface area (Å²) in [5.41, 5.74) is 1.19. The summed E-state index contributed by atoms with van der Waals surface area (Å²) in [5.74, 6) is 1.19. The zero-order chi connectivity index (χ0) is 21.3. The van der Waals surface area contributed by atoms with Crippen LogP contribution < -0.4 is 11.0 Å². The summed E-state index contributed by atoms with van der Waals surface area (Å²) in [6, 6.07) is 10.3. The third kappa shape index (κ3) is 6.27. The largest absolute Gasteiger partial charge is 0.383 e. The molecule has 1 aromatic carbocycles. The van der Waals surface area contributed by atoms with Crippen molar-refractivity contribution in [1.82, 2.24) is 24.6 Å². The Morgan fingerprint density at radius 3 is 2.87 bits per heavy atom. The Hall–Kier alpha value is -2.45. The van der Waals surface area contributed by atoms with Crippen molar-refractivity contribution < 1.29 is 9.53 Å². The van der Waals surface area contributed by atoms with E-state index in [9.17, 15) is 9.59 Å². The van der Waals surface area contributed by atoms with Crippen LogP contribution in [0.25, 0.3) is 0 Å². The van der Waals surface area contributed by atoms with Crippen LogP contribution in [0.5, 0.6) is 0 Å². The Morgan fingerprint density at radius 2 is 2.10 bits per heavy atom. The first kappa shape index (κ1) is 22.2. The van der Waals surface area contributed by atoms with Crippen molar-refractivity contribution >= 4 is 5.91 Å². The molecule has 2 aromatic rings. The highest BCUT2D eigenvalue weighted by molar-refractivity contribution is 5.76. The highest BCUT2D eigenvalue weighted by Gasteiger charge is 2.22. The fourth-order valence-electron chi connectivity index (χ4n) is 3.91. The monoisotopic (exact) mass is 415 g/mol. The van der Waals surface area contributed by atoms with E-state index in [1.807, 2.05) is 18.2 Å². The number of methoxy groups -OCH3 is 1. The van der Waals surface area contributed by atoms with Gasteiger partial charge in [0.1, 0.15) is 5.82 Å². The number of rotatable bonds is 10. The number of ether oxygens (including phenoxy) is 1. The van der Waals surface area contributed by atoms with Crippen molar-refractivity contribution in [2.75, 3.05) is 33.9 Å². The summed E-state index contributed by atoms with van der Waals surface area (Å²) in [6.07, 6.45) is 2.93. The van der Waals surface area contributed by atoms with E-state index in [1.165, 1.54) is 10.2 Å². The number of nitrogens with one attached hydrogen (secondary N) is 1. The van der Waals surface area contributed by atoms with E-state index >= 15 is 0 Å². The van der Waals surface area contributed by atoms with Crippen LogP contribution in [-0.2, 0) is 35.6 Å². The topological polar surface area (TPSA) is 81.4 Å². The molecule has 0 spiro atoms. The maximum atomic E-state index is 12.5. The quantitative estimate of drug-likeness (QED) is 0.632. The first-order valence-electron chi connectivity index (χ1n) is 10.7. The van der Waals surface area contributed by atoms with Gasteiger partial charge in [0.2, 0.25) is 5.91 Å². The van der Waals surface area contributed by atoms with Crippen LogP contribution in [0.15, 0.2) is 35.1 Å². The average Bonchev–Trinajstić information content (AvgIpc) is 2.89. The van der Waals surface area contributed by atoms with Gasteiger partial charge in [-0.15, -0.1) is 0 Å². The molecule has 1 aliphatic rings. The van der Waals surface area contributed by atoms with Crippen LogP contribution in [0, 0.1) is 5.92 Å². The minimum Gasteiger partial charge on any atom is -0.383 e. The highest BCUT2D eigenvalue weighted by atomic mass is 16.5. The molecule has 2 heterocycles. The predicted octanol–water partition coefficient (Wildman–Crippen LogP) is 1.28. The van der Waals surface area contributed by atoms with Gasteiger partial charge in [0, 0.05) is 46.1 Å². The number of aryl methyl sites for hydroxylation is 1. The number of amides is 1. The molecule has 8 nitrogen and oxygen atoms in total. The molecule has 0 saturated heterocycles. The van der Waals surface area contributed by atoms with Gasteiger partial charge in [0.05, 0.1) is 13.2 Å². The molecule has 1 aromatic heterocycles. The molecular weight excluding hydrogens is 382 g/mol. The number of hydrogen-bond acceptors (Lipinski definition) is 5. The summed E-state index contributed by atoms with van der Waals surface area (Å²) in [7, 11) is 3.67. The molecule has 1 aliphatic heterocycles. The molecule has 1 N–H and O–H groups in total. The number of hydrogen-bond donors (Lipinski definition) is 1. The molecule has 0 aliphatic carbocycles. The molecule has 1 unspecified atom stereocenters. The van der Waals surface area contributed by atoms with E-state index in [1.54, 1.807) is 11.7 Å². The first-order valence-corrected chi connectivity index (χ1v) is 10.7. The Labute approximate surface area is 177 Å². The van der Waals surface area contributed by atoms with Crippen molar-refractivity contribution in [2.24, 2.45) is 5.92 Å². The Morgan fingerprint density at radius 1 is 1.30 bits per heavy atom. The number of aromatic nitrogens is 3. The Kier molecular flexibility index (Phi) is 8.21. The summed E-state index contributed by atoms with van der Waals surface area (Å²) in [5, 5.41) is 7.49. The van der Waals surface area contributed by atoms with E-state index in [4.69, 9.17) is 4.74 Å². The number of likely N-dealkylation sites (N-methyl/N-ethyl adjacent to an activating group) is 1.